The fraction of sp³-hybridized carbons (Fsp3) is 0.0714. The Labute approximate surface area is 123 Å². The highest BCUT2D eigenvalue weighted by molar-refractivity contribution is 9.10. The molecule has 98 valence electrons. The molecule has 0 radical (unpaired) electrons. The zero-order valence-corrected chi connectivity index (χ0v) is 12.3. The number of benzene rings is 2. The molecule has 2 aromatic rings. The molecular formula is C14H9BrClFO2. The Bertz CT molecular complexity index is 643. The Hall–Kier alpha value is -1.39. The van der Waals surface area contributed by atoms with E-state index in [1.165, 1.54) is 25.1 Å². The van der Waals surface area contributed by atoms with Gasteiger partial charge in [0, 0.05) is 16.1 Å². The number of hydrogen-bond acceptors (Lipinski definition) is 2. The second-order valence-electron chi connectivity index (χ2n) is 3.87. The number of hydrogen-bond donors (Lipinski definition) is 0. The van der Waals surface area contributed by atoms with Gasteiger partial charge in [-0.15, -0.1) is 0 Å². The lowest BCUT2D eigenvalue weighted by atomic mass is 10.1. The van der Waals surface area contributed by atoms with Gasteiger partial charge in [0.25, 0.3) is 0 Å². The van der Waals surface area contributed by atoms with E-state index in [9.17, 15) is 9.18 Å². The van der Waals surface area contributed by atoms with E-state index in [4.69, 9.17) is 16.3 Å². The number of rotatable bonds is 3. The summed E-state index contributed by atoms with van der Waals surface area (Å²) in [7, 11) is 0. The van der Waals surface area contributed by atoms with Crippen LogP contribution in [0.1, 0.15) is 17.3 Å². The summed E-state index contributed by atoms with van der Waals surface area (Å²) in [5.41, 5.74) is 0.406. The minimum atomic E-state index is -0.477. The van der Waals surface area contributed by atoms with Crippen LogP contribution in [0.3, 0.4) is 0 Å². The molecule has 0 unspecified atom stereocenters. The lowest BCUT2D eigenvalue weighted by Crippen LogP contribution is -1.94. The van der Waals surface area contributed by atoms with Gasteiger partial charge in [-0.05, 0) is 37.3 Å². The molecule has 2 aromatic carbocycles. The van der Waals surface area contributed by atoms with E-state index in [2.05, 4.69) is 15.9 Å². The van der Waals surface area contributed by atoms with Crippen molar-refractivity contribution in [3.8, 4) is 11.5 Å². The Morgan fingerprint density at radius 3 is 2.63 bits per heavy atom. The number of ketones is 1. The second kappa shape index (κ2) is 5.72. The lowest BCUT2D eigenvalue weighted by Gasteiger charge is -2.08. The average molecular weight is 344 g/mol. The highest BCUT2D eigenvalue weighted by Crippen LogP contribution is 2.30. The van der Waals surface area contributed by atoms with Gasteiger partial charge in [0.1, 0.15) is 5.75 Å². The van der Waals surface area contributed by atoms with Crippen LogP contribution in [-0.4, -0.2) is 5.78 Å². The first-order valence-electron chi connectivity index (χ1n) is 5.41. The lowest BCUT2D eigenvalue weighted by molar-refractivity contribution is 0.101. The normalized spacial score (nSPS) is 10.3. The first-order chi connectivity index (χ1) is 8.97. The van der Waals surface area contributed by atoms with E-state index in [0.717, 1.165) is 0 Å². The van der Waals surface area contributed by atoms with E-state index in [1.807, 2.05) is 0 Å². The molecule has 2 nitrogen and oxygen atoms in total. The molecule has 0 bridgehead atoms. The van der Waals surface area contributed by atoms with Crippen LogP contribution in [-0.2, 0) is 0 Å². The molecule has 19 heavy (non-hydrogen) atoms. The van der Waals surface area contributed by atoms with Crippen molar-refractivity contribution < 1.29 is 13.9 Å². The Balaban J connectivity index is 2.31. The van der Waals surface area contributed by atoms with Crippen molar-refractivity contribution in [3.05, 3.63) is 57.3 Å². The topological polar surface area (TPSA) is 26.3 Å². The van der Waals surface area contributed by atoms with E-state index in [-0.39, 0.29) is 16.6 Å². The maximum absolute atomic E-state index is 13.5. The first-order valence-corrected chi connectivity index (χ1v) is 6.58. The minimum Gasteiger partial charge on any atom is -0.454 e. The molecule has 0 aliphatic rings. The Kier molecular flexibility index (Phi) is 4.22. The molecular weight excluding hydrogens is 335 g/mol. The second-order valence-corrected chi connectivity index (χ2v) is 5.20. The zero-order valence-electron chi connectivity index (χ0n) is 9.91. The van der Waals surface area contributed by atoms with E-state index < -0.39 is 5.82 Å². The molecule has 0 spiro atoms. The van der Waals surface area contributed by atoms with Crippen molar-refractivity contribution in [2.45, 2.75) is 6.92 Å². The van der Waals surface area contributed by atoms with Gasteiger partial charge in [-0.2, -0.15) is 0 Å². The van der Waals surface area contributed by atoms with Crippen LogP contribution in [0.2, 0.25) is 5.02 Å². The van der Waals surface area contributed by atoms with Crippen molar-refractivity contribution >= 4 is 33.3 Å². The zero-order chi connectivity index (χ0) is 14.0. The summed E-state index contributed by atoms with van der Waals surface area (Å²) in [5, 5.41) is 0.278. The minimum absolute atomic E-state index is 0.0843. The molecule has 0 N–H and O–H groups in total. The van der Waals surface area contributed by atoms with Crippen molar-refractivity contribution in [2.75, 3.05) is 0 Å². The smallest absolute Gasteiger partial charge is 0.165 e. The SMILES string of the molecule is CC(=O)c1ccc(Oc2cc(Br)ccc2F)cc1Cl. The predicted molar refractivity (Wildman–Crippen MR) is 75.6 cm³/mol. The van der Waals surface area contributed by atoms with Crippen LogP contribution in [0, 0.1) is 5.82 Å². The van der Waals surface area contributed by atoms with Gasteiger partial charge in [0.2, 0.25) is 0 Å². The molecule has 5 heteroatoms. The molecule has 0 aliphatic carbocycles. The summed E-state index contributed by atoms with van der Waals surface area (Å²) in [6.07, 6.45) is 0. The van der Waals surface area contributed by atoms with Crippen LogP contribution < -0.4 is 4.74 Å². The predicted octanol–water partition coefficient (Wildman–Crippen LogP) is 5.24. The summed E-state index contributed by atoms with van der Waals surface area (Å²) >= 11 is 9.20. The highest BCUT2D eigenvalue weighted by Gasteiger charge is 2.09. The molecule has 0 atom stereocenters. The van der Waals surface area contributed by atoms with Gasteiger partial charge >= 0.3 is 0 Å². The number of Topliss-reactive ketones (excluding diaryl/α,β-unsaturated/α-hetero) is 1. The number of carbonyl (C=O) groups excluding carboxylic acids is 1. The Morgan fingerprint density at radius 1 is 1.26 bits per heavy atom. The number of carbonyl (C=O) groups is 1. The van der Waals surface area contributed by atoms with Gasteiger partial charge in [0.15, 0.2) is 17.3 Å². The molecule has 0 aliphatic heterocycles. The van der Waals surface area contributed by atoms with Gasteiger partial charge in [-0.25, -0.2) is 4.39 Å². The van der Waals surface area contributed by atoms with Gasteiger partial charge in [-0.3, -0.25) is 4.79 Å². The maximum atomic E-state index is 13.5. The monoisotopic (exact) mass is 342 g/mol. The van der Waals surface area contributed by atoms with Crippen LogP contribution >= 0.6 is 27.5 Å². The summed E-state index contributed by atoms with van der Waals surface area (Å²) in [5.74, 6) is -0.159. The van der Waals surface area contributed by atoms with E-state index >= 15 is 0 Å². The van der Waals surface area contributed by atoms with Crippen molar-refractivity contribution in [2.24, 2.45) is 0 Å². The van der Waals surface area contributed by atoms with Crippen molar-refractivity contribution in [3.63, 3.8) is 0 Å². The molecule has 0 saturated carbocycles. The fourth-order valence-electron chi connectivity index (χ4n) is 1.53. The van der Waals surface area contributed by atoms with E-state index in [0.29, 0.717) is 15.8 Å². The number of ether oxygens (including phenoxy) is 1. The first kappa shape index (κ1) is 14.0. The van der Waals surface area contributed by atoms with Crippen molar-refractivity contribution in [1.29, 1.82) is 0 Å². The average Bonchev–Trinajstić information content (AvgIpc) is 2.33. The molecule has 2 rings (SSSR count). The molecule has 0 saturated heterocycles. The summed E-state index contributed by atoms with van der Waals surface area (Å²) in [4.78, 5) is 11.2. The molecule has 0 fully saturated rings. The standard InChI is InChI=1S/C14H9BrClFO2/c1-8(18)11-4-3-10(7-12(11)16)19-14-6-9(15)2-5-13(14)17/h2-7H,1H3. The number of halogens is 3. The largest absolute Gasteiger partial charge is 0.454 e. The van der Waals surface area contributed by atoms with Crippen LogP contribution in [0.15, 0.2) is 40.9 Å². The van der Waals surface area contributed by atoms with Gasteiger partial charge in [0.05, 0.1) is 5.02 Å². The summed E-state index contributed by atoms with van der Waals surface area (Å²) in [6, 6.07) is 9.00. The van der Waals surface area contributed by atoms with Gasteiger partial charge < -0.3 is 4.74 Å². The maximum Gasteiger partial charge on any atom is 0.165 e. The van der Waals surface area contributed by atoms with Crippen LogP contribution in [0.25, 0.3) is 0 Å². The Morgan fingerprint density at radius 2 is 2.00 bits per heavy atom. The summed E-state index contributed by atoms with van der Waals surface area (Å²) in [6.45, 7) is 1.43. The highest BCUT2D eigenvalue weighted by atomic mass is 79.9. The van der Waals surface area contributed by atoms with Crippen LogP contribution in [0.5, 0.6) is 11.5 Å². The quantitative estimate of drug-likeness (QED) is 0.713. The fourth-order valence-corrected chi connectivity index (χ4v) is 2.17. The molecule has 0 aromatic heterocycles. The van der Waals surface area contributed by atoms with Gasteiger partial charge in [-0.1, -0.05) is 27.5 Å². The van der Waals surface area contributed by atoms with E-state index in [1.54, 1.807) is 18.2 Å². The third-order valence-electron chi connectivity index (χ3n) is 2.44. The van der Waals surface area contributed by atoms with Crippen LogP contribution in [0.4, 0.5) is 4.39 Å². The molecule has 0 amide bonds. The summed E-state index contributed by atoms with van der Waals surface area (Å²) < 4.78 is 19.6. The van der Waals surface area contributed by atoms with Crippen molar-refractivity contribution in [1.82, 2.24) is 0 Å². The molecule has 0 heterocycles. The third-order valence-corrected chi connectivity index (χ3v) is 3.25. The third kappa shape index (κ3) is 3.33.